The molecule has 2 fully saturated rings. The summed E-state index contributed by atoms with van der Waals surface area (Å²) in [6.45, 7) is 2.04. The lowest BCUT2D eigenvalue weighted by Crippen LogP contribution is -2.42. The summed E-state index contributed by atoms with van der Waals surface area (Å²) in [6, 6.07) is 0. The van der Waals surface area contributed by atoms with Crippen LogP contribution in [0.4, 0.5) is 8.78 Å². The van der Waals surface area contributed by atoms with Gasteiger partial charge in [-0.3, -0.25) is 4.99 Å². The van der Waals surface area contributed by atoms with Gasteiger partial charge in [-0.15, -0.1) is 5.10 Å². The third-order valence-corrected chi connectivity index (χ3v) is 6.75. The van der Waals surface area contributed by atoms with Gasteiger partial charge in [0.05, 0.1) is 17.3 Å². The molecule has 0 bridgehead atoms. The lowest BCUT2D eigenvalue weighted by molar-refractivity contribution is -0.0581. The average Bonchev–Trinajstić information content (AvgIpc) is 3.30. The Morgan fingerprint density at radius 2 is 1.85 bits per heavy atom. The number of halogens is 2. The molecule has 0 N–H and O–H groups in total. The molecule has 4 heterocycles. The third-order valence-electron chi connectivity index (χ3n) is 6.75. The van der Waals surface area contributed by atoms with Gasteiger partial charge in [-0.1, -0.05) is 5.21 Å². The molecule has 2 atom stereocenters. The zero-order valence-corrected chi connectivity index (χ0v) is 15.5. The summed E-state index contributed by atoms with van der Waals surface area (Å²) >= 11 is 0. The summed E-state index contributed by atoms with van der Waals surface area (Å²) in [5, 5.41) is 8.81. The molecule has 146 valence electrons. The van der Waals surface area contributed by atoms with E-state index >= 15 is 0 Å². The predicted octanol–water partition coefficient (Wildman–Crippen LogP) is 3.06. The van der Waals surface area contributed by atoms with Crippen LogP contribution in [0.3, 0.4) is 0 Å². The Bertz CT molecular complexity index is 739. The maximum atomic E-state index is 13.3. The SMILES string of the molecule is FC1(F)CCN(CC2CCC(c3nnn4c3C3CC=NC3N=C4)CC2)CC1. The predicted molar refractivity (Wildman–Crippen MR) is 98.9 cm³/mol. The lowest BCUT2D eigenvalue weighted by Gasteiger charge is -2.36. The third kappa shape index (κ3) is 3.32. The van der Waals surface area contributed by atoms with Crippen LogP contribution in [0, 0.1) is 5.92 Å². The van der Waals surface area contributed by atoms with E-state index in [0.717, 1.165) is 44.3 Å². The van der Waals surface area contributed by atoms with Crippen LogP contribution in [0.1, 0.15) is 68.2 Å². The van der Waals surface area contributed by atoms with Crippen LogP contribution in [0.5, 0.6) is 0 Å². The van der Waals surface area contributed by atoms with Gasteiger partial charge in [0.25, 0.3) is 5.92 Å². The van der Waals surface area contributed by atoms with Crippen molar-refractivity contribution in [3.63, 3.8) is 0 Å². The van der Waals surface area contributed by atoms with Gasteiger partial charge in [0, 0.05) is 44.6 Å². The number of rotatable bonds is 3. The fourth-order valence-electron chi connectivity index (χ4n) is 5.13. The zero-order chi connectivity index (χ0) is 18.4. The van der Waals surface area contributed by atoms with Gasteiger partial charge in [-0.05, 0) is 38.0 Å². The Kier molecular flexibility index (Phi) is 4.33. The van der Waals surface area contributed by atoms with E-state index < -0.39 is 5.92 Å². The molecule has 0 aromatic carbocycles. The zero-order valence-electron chi connectivity index (χ0n) is 15.5. The minimum absolute atomic E-state index is 0.00307. The van der Waals surface area contributed by atoms with Gasteiger partial charge < -0.3 is 4.90 Å². The molecule has 1 aromatic rings. The molecule has 4 aliphatic rings. The van der Waals surface area contributed by atoms with Crippen LogP contribution >= 0.6 is 0 Å². The Hall–Kier alpha value is -1.70. The van der Waals surface area contributed by atoms with Gasteiger partial charge in [0.1, 0.15) is 12.5 Å². The van der Waals surface area contributed by atoms with Crippen molar-refractivity contribution in [2.75, 3.05) is 19.6 Å². The number of aliphatic imine (C=N–C) groups is 2. The molecule has 1 saturated heterocycles. The van der Waals surface area contributed by atoms with Crippen molar-refractivity contribution >= 4 is 12.6 Å². The normalized spacial score (nSPS) is 35.2. The number of aromatic nitrogens is 3. The molecule has 8 heteroatoms. The van der Waals surface area contributed by atoms with Gasteiger partial charge in [-0.25, -0.2) is 18.5 Å². The molecule has 27 heavy (non-hydrogen) atoms. The van der Waals surface area contributed by atoms with E-state index in [1.165, 1.54) is 5.69 Å². The summed E-state index contributed by atoms with van der Waals surface area (Å²) < 4.78 is 28.5. The second kappa shape index (κ2) is 6.72. The first-order valence-electron chi connectivity index (χ1n) is 10.2. The fourth-order valence-corrected chi connectivity index (χ4v) is 5.13. The standard InChI is InChI=1S/C19H26F2N6/c20-19(21)6-9-26(10-7-19)11-13-1-3-14(4-2-13)16-17-15-5-8-22-18(15)23-12-27(17)25-24-16/h8,12-15,18H,1-7,9-11H2. The number of hydrogen-bond donors (Lipinski definition) is 0. The van der Waals surface area contributed by atoms with Crippen LogP contribution in [0.2, 0.25) is 0 Å². The minimum Gasteiger partial charge on any atom is -0.303 e. The van der Waals surface area contributed by atoms with E-state index in [-0.39, 0.29) is 24.9 Å². The molecule has 5 rings (SSSR count). The van der Waals surface area contributed by atoms with Gasteiger partial charge in [0.15, 0.2) is 0 Å². The summed E-state index contributed by atoms with van der Waals surface area (Å²) in [6.07, 6.45) is 9.17. The van der Waals surface area contributed by atoms with Crippen molar-refractivity contribution in [1.82, 2.24) is 19.9 Å². The molecular weight excluding hydrogens is 350 g/mol. The monoisotopic (exact) mass is 376 g/mol. The van der Waals surface area contributed by atoms with E-state index in [1.54, 1.807) is 6.34 Å². The Labute approximate surface area is 157 Å². The molecule has 0 radical (unpaired) electrons. The van der Waals surface area contributed by atoms with E-state index in [1.807, 2.05) is 10.9 Å². The molecule has 1 aromatic heterocycles. The number of fused-ring (bicyclic) bond motifs is 3. The molecule has 3 aliphatic heterocycles. The minimum atomic E-state index is -2.45. The molecule has 1 aliphatic carbocycles. The van der Waals surface area contributed by atoms with Crippen LogP contribution in [0.15, 0.2) is 9.98 Å². The highest BCUT2D eigenvalue weighted by Gasteiger charge is 2.38. The first kappa shape index (κ1) is 17.4. The van der Waals surface area contributed by atoms with E-state index in [2.05, 4.69) is 25.2 Å². The van der Waals surface area contributed by atoms with Gasteiger partial charge in [-0.2, -0.15) is 0 Å². The molecular formula is C19H26F2N6. The largest absolute Gasteiger partial charge is 0.303 e. The van der Waals surface area contributed by atoms with Crippen molar-refractivity contribution < 1.29 is 8.78 Å². The van der Waals surface area contributed by atoms with E-state index in [0.29, 0.717) is 24.9 Å². The Morgan fingerprint density at radius 3 is 2.63 bits per heavy atom. The molecule has 1 saturated carbocycles. The van der Waals surface area contributed by atoms with E-state index in [9.17, 15) is 8.78 Å². The molecule has 0 amide bonds. The first-order valence-corrected chi connectivity index (χ1v) is 10.2. The van der Waals surface area contributed by atoms with Crippen molar-refractivity contribution in [1.29, 1.82) is 0 Å². The van der Waals surface area contributed by atoms with Crippen LogP contribution in [0.25, 0.3) is 0 Å². The highest BCUT2D eigenvalue weighted by molar-refractivity contribution is 5.68. The molecule has 6 nitrogen and oxygen atoms in total. The van der Waals surface area contributed by atoms with Crippen molar-refractivity contribution in [2.24, 2.45) is 15.9 Å². The maximum absolute atomic E-state index is 13.3. The highest BCUT2D eigenvalue weighted by Crippen LogP contribution is 2.41. The number of piperidine rings is 1. The second-order valence-corrected chi connectivity index (χ2v) is 8.53. The topological polar surface area (TPSA) is 58.7 Å². The summed E-state index contributed by atoms with van der Waals surface area (Å²) in [4.78, 5) is 11.2. The summed E-state index contributed by atoms with van der Waals surface area (Å²) in [5.41, 5.74) is 2.34. The van der Waals surface area contributed by atoms with Gasteiger partial charge >= 0.3 is 0 Å². The van der Waals surface area contributed by atoms with E-state index in [4.69, 9.17) is 0 Å². The van der Waals surface area contributed by atoms with Crippen LogP contribution in [-0.2, 0) is 0 Å². The quantitative estimate of drug-likeness (QED) is 0.815. The smallest absolute Gasteiger partial charge is 0.250 e. The number of alkyl halides is 2. The Balaban J connectivity index is 1.20. The fraction of sp³-hybridized carbons (Fsp3) is 0.789. The lowest BCUT2D eigenvalue weighted by atomic mass is 9.78. The number of nitrogens with zero attached hydrogens (tertiary/aromatic N) is 6. The van der Waals surface area contributed by atoms with Crippen LogP contribution < -0.4 is 0 Å². The van der Waals surface area contributed by atoms with Gasteiger partial charge in [0.2, 0.25) is 0 Å². The average molecular weight is 376 g/mol. The number of likely N-dealkylation sites (tertiary alicyclic amines) is 1. The number of hydrogen-bond acceptors (Lipinski definition) is 5. The van der Waals surface area contributed by atoms with Crippen molar-refractivity contribution in [3.8, 4) is 0 Å². The summed E-state index contributed by atoms with van der Waals surface area (Å²) in [5.74, 6) is -1.10. The second-order valence-electron chi connectivity index (χ2n) is 8.53. The molecule has 0 spiro atoms. The van der Waals surface area contributed by atoms with Crippen molar-refractivity contribution in [2.45, 2.75) is 68.9 Å². The maximum Gasteiger partial charge on any atom is 0.250 e. The first-order chi connectivity index (χ1) is 13.1. The van der Waals surface area contributed by atoms with Crippen LogP contribution in [-0.4, -0.2) is 64.2 Å². The molecule has 2 unspecified atom stereocenters. The highest BCUT2D eigenvalue weighted by atomic mass is 19.3. The van der Waals surface area contributed by atoms with Crippen molar-refractivity contribution in [3.05, 3.63) is 11.4 Å². The Morgan fingerprint density at radius 1 is 1.07 bits per heavy atom. The summed E-state index contributed by atoms with van der Waals surface area (Å²) in [7, 11) is 0.